The molecule has 0 spiro atoms. The van der Waals surface area contributed by atoms with Gasteiger partial charge in [-0.05, 0) is 68.6 Å². The van der Waals surface area contributed by atoms with Crippen molar-refractivity contribution in [1.82, 2.24) is 34.2 Å². The van der Waals surface area contributed by atoms with Crippen LogP contribution in [-0.4, -0.2) is 99.9 Å². The topological polar surface area (TPSA) is 159 Å². The number of halogens is 1. The lowest BCUT2D eigenvalue weighted by molar-refractivity contribution is 0.160. The summed E-state index contributed by atoms with van der Waals surface area (Å²) in [6, 6.07) is 21.3. The smallest absolute Gasteiger partial charge is 0.332 e. The normalized spacial score (nSPS) is 15.3. The van der Waals surface area contributed by atoms with Gasteiger partial charge in [0.1, 0.15) is 17.9 Å². The summed E-state index contributed by atoms with van der Waals surface area (Å²) in [4.78, 5) is 42.7. The minimum Gasteiger partial charge on any atom is -0.494 e. The molecule has 2 fully saturated rings. The number of H-pyrrole nitrogens is 1. The van der Waals surface area contributed by atoms with E-state index in [0.717, 1.165) is 74.6 Å². The molecule has 2 aliphatic heterocycles. The molecule has 8 rings (SSSR count). The zero-order chi connectivity index (χ0) is 41.3. The van der Waals surface area contributed by atoms with Gasteiger partial charge < -0.3 is 29.7 Å². The van der Waals surface area contributed by atoms with Crippen molar-refractivity contribution in [2.24, 2.45) is 7.05 Å². The second-order valence-corrected chi connectivity index (χ2v) is 18.8. The van der Waals surface area contributed by atoms with Gasteiger partial charge in [0.2, 0.25) is 5.95 Å². The molecule has 15 nitrogen and oxygen atoms in total. The Morgan fingerprint density at radius 3 is 2.27 bits per heavy atom. The van der Waals surface area contributed by atoms with Gasteiger partial charge in [0.25, 0.3) is 5.56 Å². The van der Waals surface area contributed by atoms with Crippen molar-refractivity contribution in [3.8, 4) is 22.6 Å². The third-order valence-corrected chi connectivity index (χ3v) is 12.8. The number of piperidine rings is 1. The molecule has 0 amide bonds. The lowest BCUT2D eigenvalue weighted by Crippen LogP contribution is -2.53. The lowest BCUT2D eigenvalue weighted by Gasteiger charge is -2.44. The van der Waals surface area contributed by atoms with E-state index in [1.54, 1.807) is 25.1 Å². The molecule has 0 unspecified atom stereocenters. The van der Waals surface area contributed by atoms with Gasteiger partial charge in [-0.15, -0.1) is 0 Å². The molecule has 0 saturated carbocycles. The largest absolute Gasteiger partial charge is 0.494 e. The zero-order valence-electron chi connectivity index (χ0n) is 33.4. The monoisotopic (exact) mass is 835 g/mol. The number of hydrogen-bond donors (Lipinski definition) is 3. The maximum absolute atomic E-state index is 13.0. The Morgan fingerprint density at radius 2 is 1.59 bits per heavy atom. The van der Waals surface area contributed by atoms with Crippen LogP contribution in [0.15, 0.2) is 101 Å². The van der Waals surface area contributed by atoms with E-state index in [1.807, 2.05) is 68.0 Å². The summed E-state index contributed by atoms with van der Waals surface area (Å²) in [6.45, 7) is 9.00. The first kappa shape index (κ1) is 39.9. The Labute approximate surface area is 347 Å². The SMILES string of the molecule is COc1cc(N2CCC(N3CCN(c4ccc(-n5ccc(=O)[nH]c5=O)cc4)CC3)CC2)c(-c2cnn(C)c2)cc1Nc1ncc(Cl)c(Nc2ccccc2P(C)(C)=O)n1. The molecule has 3 aromatic carbocycles. The summed E-state index contributed by atoms with van der Waals surface area (Å²) in [6.07, 6.45) is 8.97. The summed E-state index contributed by atoms with van der Waals surface area (Å²) < 4.78 is 22.2. The van der Waals surface area contributed by atoms with Gasteiger partial charge >= 0.3 is 5.69 Å². The Kier molecular flexibility index (Phi) is 11.3. The minimum absolute atomic E-state index is 0.314. The maximum atomic E-state index is 13.0. The van der Waals surface area contributed by atoms with Crippen LogP contribution in [0.5, 0.6) is 5.75 Å². The van der Waals surface area contributed by atoms with Gasteiger partial charge in [-0.25, -0.2) is 9.78 Å². The van der Waals surface area contributed by atoms with Crippen molar-refractivity contribution >= 4 is 58.6 Å². The quantitative estimate of drug-likeness (QED) is 0.133. The Hall–Kier alpha value is -5.89. The van der Waals surface area contributed by atoms with Crippen molar-refractivity contribution in [3.63, 3.8) is 0 Å². The molecular weight excluding hydrogens is 789 g/mol. The molecule has 5 heterocycles. The van der Waals surface area contributed by atoms with E-state index >= 15 is 0 Å². The van der Waals surface area contributed by atoms with Crippen LogP contribution in [0, 0.1) is 0 Å². The zero-order valence-corrected chi connectivity index (χ0v) is 35.1. The number of hydrogen-bond acceptors (Lipinski definition) is 12. The van der Waals surface area contributed by atoms with Gasteiger partial charge in [-0.1, -0.05) is 23.7 Å². The van der Waals surface area contributed by atoms with Crippen LogP contribution >= 0.6 is 18.7 Å². The highest BCUT2D eigenvalue weighted by molar-refractivity contribution is 7.70. The number of aryl methyl sites for hydroxylation is 1. The van der Waals surface area contributed by atoms with Crippen molar-refractivity contribution in [2.75, 3.05) is 80.1 Å². The predicted molar refractivity (Wildman–Crippen MR) is 236 cm³/mol. The molecule has 306 valence electrons. The summed E-state index contributed by atoms with van der Waals surface area (Å²) in [5.41, 5.74) is 5.36. The number of para-hydroxylation sites is 1. The molecule has 59 heavy (non-hydrogen) atoms. The molecule has 2 saturated heterocycles. The van der Waals surface area contributed by atoms with E-state index in [1.165, 1.54) is 23.0 Å². The number of methoxy groups -OCH3 is 1. The fourth-order valence-corrected chi connectivity index (χ4v) is 9.26. The second kappa shape index (κ2) is 16.8. The first-order chi connectivity index (χ1) is 28.4. The first-order valence-corrected chi connectivity index (χ1v) is 22.5. The fraction of sp³-hybridized carbons (Fsp3) is 0.310. The van der Waals surface area contributed by atoms with E-state index in [9.17, 15) is 14.2 Å². The molecule has 3 aromatic heterocycles. The van der Waals surface area contributed by atoms with Crippen molar-refractivity contribution in [1.29, 1.82) is 0 Å². The van der Waals surface area contributed by atoms with Crippen molar-refractivity contribution in [3.05, 3.63) is 117 Å². The standard InChI is InChI=1S/C42H47ClN11O4P/c1-50-27-28(25-45-50)32-23-35(47-41-44-26-33(43)40(49-41)46-34-7-5-6-8-38(34)59(3,4)57)37(58-2)24-36(32)53-16-13-30(14-17-53)52-21-19-51(20-22-52)29-9-11-31(12-10-29)54-18-15-39(55)48-42(54)56/h5-12,15,18,23-27,30H,13-14,16-17,19-22H2,1-4H3,(H,48,55,56)(H2,44,46,47,49). The van der Waals surface area contributed by atoms with Crippen LogP contribution in [0.4, 0.5) is 34.5 Å². The molecule has 2 aliphatic rings. The van der Waals surface area contributed by atoms with Crippen molar-refractivity contribution < 1.29 is 9.30 Å². The molecular formula is C42H47ClN11O4P. The van der Waals surface area contributed by atoms with Crippen LogP contribution < -0.4 is 41.7 Å². The number of rotatable bonds is 11. The summed E-state index contributed by atoms with van der Waals surface area (Å²) in [7, 11) is 0.985. The summed E-state index contributed by atoms with van der Waals surface area (Å²) >= 11 is 6.56. The maximum Gasteiger partial charge on any atom is 0.332 e. The third-order valence-electron chi connectivity index (χ3n) is 11.0. The molecule has 0 aliphatic carbocycles. The highest BCUT2D eigenvalue weighted by Crippen LogP contribution is 2.42. The number of ether oxygens (including phenoxy) is 1. The fourth-order valence-electron chi connectivity index (χ4n) is 7.96. The van der Waals surface area contributed by atoms with Crippen LogP contribution in [-0.2, 0) is 11.6 Å². The number of benzene rings is 3. The molecule has 17 heteroatoms. The predicted octanol–water partition coefficient (Wildman–Crippen LogP) is 5.90. The number of nitrogens with zero attached hydrogens (tertiary/aromatic N) is 8. The molecule has 0 bridgehead atoms. The van der Waals surface area contributed by atoms with Gasteiger partial charge in [0.15, 0.2) is 5.82 Å². The molecule has 0 radical (unpaired) electrons. The molecule has 0 atom stereocenters. The highest BCUT2D eigenvalue weighted by Gasteiger charge is 2.30. The van der Waals surface area contributed by atoms with Gasteiger partial charge in [-0.3, -0.25) is 23.9 Å². The number of aromatic amines is 1. The van der Waals surface area contributed by atoms with E-state index in [-0.39, 0.29) is 0 Å². The number of piperazine rings is 1. The van der Waals surface area contributed by atoms with Crippen LogP contribution in [0.25, 0.3) is 16.8 Å². The Morgan fingerprint density at radius 1 is 0.864 bits per heavy atom. The average Bonchev–Trinajstić information content (AvgIpc) is 3.68. The van der Waals surface area contributed by atoms with E-state index in [2.05, 4.69) is 52.5 Å². The molecule has 6 aromatic rings. The van der Waals surface area contributed by atoms with Gasteiger partial charge in [0.05, 0.1) is 36.6 Å². The highest BCUT2D eigenvalue weighted by atomic mass is 35.5. The minimum atomic E-state index is -2.58. The third kappa shape index (κ3) is 8.78. The van der Waals surface area contributed by atoms with Crippen LogP contribution in [0.3, 0.4) is 0 Å². The average molecular weight is 836 g/mol. The van der Waals surface area contributed by atoms with Crippen molar-refractivity contribution in [2.45, 2.75) is 18.9 Å². The van der Waals surface area contributed by atoms with E-state index in [0.29, 0.717) is 50.9 Å². The first-order valence-electron chi connectivity index (χ1n) is 19.5. The Bertz CT molecular complexity index is 2620. The van der Waals surface area contributed by atoms with E-state index < -0.39 is 18.4 Å². The lowest BCUT2D eigenvalue weighted by atomic mass is 9.98. The molecule has 3 N–H and O–H groups in total. The van der Waals surface area contributed by atoms with Gasteiger partial charge in [-0.2, -0.15) is 10.1 Å². The number of anilines is 6. The summed E-state index contributed by atoms with van der Waals surface area (Å²) in [5.74, 6) is 1.34. The van der Waals surface area contributed by atoms with Gasteiger partial charge in [0, 0.05) is 105 Å². The second-order valence-electron chi connectivity index (χ2n) is 15.2. The van der Waals surface area contributed by atoms with Crippen LogP contribution in [0.2, 0.25) is 5.02 Å². The Balaban J connectivity index is 0.956. The van der Waals surface area contributed by atoms with E-state index in [4.69, 9.17) is 21.3 Å². The van der Waals surface area contributed by atoms with Crippen LogP contribution in [0.1, 0.15) is 12.8 Å². The number of aromatic nitrogens is 6. The summed E-state index contributed by atoms with van der Waals surface area (Å²) in [5, 5.41) is 12.2. The number of nitrogens with one attached hydrogen (secondary N) is 3.